The minimum atomic E-state index is 0.0833. The van der Waals surface area contributed by atoms with Crippen molar-refractivity contribution in [2.24, 2.45) is 0 Å². The molecule has 1 saturated heterocycles. The van der Waals surface area contributed by atoms with E-state index in [-0.39, 0.29) is 6.29 Å². The molecule has 0 aromatic rings. The average Bonchev–Trinajstić information content (AvgIpc) is 2.26. The van der Waals surface area contributed by atoms with Gasteiger partial charge in [-0.05, 0) is 32.6 Å². The lowest BCUT2D eigenvalue weighted by molar-refractivity contribution is -0.185. The van der Waals surface area contributed by atoms with E-state index < -0.39 is 0 Å². The van der Waals surface area contributed by atoms with Crippen molar-refractivity contribution in [2.45, 2.75) is 77.6 Å². The highest BCUT2D eigenvalue weighted by molar-refractivity contribution is 4.58. The lowest BCUT2D eigenvalue weighted by atomic mass is 10.1. The second kappa shape index (κ2) is 8.12. The molecule has 2 nitrogen and oxygen atoms in total. The fraction of sp³-hybridized carbons (Fsp3) is 1.00. The van der Waals surface area contributed by atoms with Crippen LogP contribution in [-0.4, -0.2) is 19.0 Å². The fourth-order valence-electron chi connectivity index (χ4n) is 2.00. The molecule has 0 aromatic carbocycles. The third-order valence-corrected chi connectivity index (χ3v) is 2.99. The number of hydrogen-bond acceptors (Lipinski definition) is 2. The summed E-state index contributed by atoms with van der Waals surface area (Å²) in [7, 11) is 0. The molecule has 0 aliphatic carbocycles. The van der Waals surface area contributed by atoms with Crippen molar-refractivity contribution >= 4 is 0 Å². The van der Waals surface area contributed by atoms with Crippen molar-refractivity contribution < 1.29 is 9.47 Å². The van der Waals surface area contributed by atoms with Crippen LogP contribution in [-0.2, 0) is 9.47 Å². The molecule has 2 unspecified atom stereocenters. The summed E-state index contributed by atoms with van der Waals surface area (Å²) in [5, 5.41) is 0. The van der Waals surface area contributed by atoms with E-state index in [4.69, 9.17) is 9.47 Å². The standard InChI is InChI=1S/C13H26O2/c1-3-4-5-6-9-12(2)15-13-10-7-8-11-14-13/h12-13H,3-11H2,1-2H3. The Hall–Kier alpha value is -0.0800. The van der Waals surface area contributed by atoms with Crippen LogP contribution in [0.3, 0.4) is 0 Å². The smallest absolute Gasteiger partial charge is 0.157 e. The minimum Gasteiger partial charge on any atom is -0.353 e. The van der Waals surface area contributed by atoms with Gasteiger partial charge >= 0.3 is 0 Å². The summed E-state index contributed by atoms with van der Waals surface area (Å²) in [5.41, 5.74) is 0. The Labute approximate surface area is 94.3 Å². The molecule has 0 aromatic heterocycles. The number of ether oxygens (including phenoxy) is 2. The van der Waals surface area contributed by atoms with Gasteiger partial charge in [-0.3, -0.25) is 0 Å². The maximum absolute atomic E-state index is 5.85. The molecule has 90 valence electrons. The predicted molar refractivity (Wildman–Crippen MR) is 62.9 cm³/mol. The fourth-order valence-corrected chi connectivity index (χ4v) is 2.00. The minimum absolute atomic E-state index is 0.0833. The molecular weight excluding hydrogens is 188 g/mol. The molecule has 2 atom stereocenters. The van der Waals surface area contributed by atoms with E-state index in [0.717, 1.165) is 13.0 Å². The summed E-state index contributed by atoms with van der Waals surface area (Å²) in [5.74, 6) is 0. The van der Waals surface area contributed by atoms with E-state index in [2.05, 4.69) is 13.8 Å². The molecule has 0 spiro atoms. The Bertz CT molecular complexity index is 141. The molecule has 0 saturated carbocycles. The Morgan fingerprint density at radius 3 is 2.80 bits per heavy atom. The van der Waals surface area contributed by atoms with Crippen molar-refractivity contribution in [1.82, 2.24) is 0 Å². The van der Waals surface area contributed by atoms with Gasteiger partial charge in [0.2, 0.25) is 0 Å². The molecule has 1 rings (SSSR count). The van der Waals surface area contributed by atoms with Crippen LogP contribution in [0.15, 0.2) is 0 Å². The molecule has 1 aliphatic heterocycles. The lowest BCUT2D eigenvalue weighted by Crippen LogP contribution is -2.26. The highest BCUT2D eigenvalue weighted by Gasteiger charge is 2.16. The second-order valence-electron chi connectivity index (χ2n) is 4.59. The third-order valence-electron chi connectivity index (χ3n) is 2.99. The maximum Gasteiger partial charge on any atom is 0.157 e. The van der Waals surface area contributed by atoms with Crippen LogP contribution >= 0.6 is 0 Å². The van der Waals surface area contributed by atoms with E-state index in [1.807, 2.05) is 0 Å². The van der Waals surface area contributed by atoms with Gasteiger partial charge in [0.25, 0.3) is 0 Å². The summed E-state index contributed by atoms with van der Waals surface area (Å²) in [6, 6.07) is 0. The number of hydrogen-bond donors (Lipinski definition) is 0. The Morgan fingerprint density at radius 1 is 1.27 bits per heavy atom. The molecule has 2 heteroatoms. The topological polar surface area (TPSA) is 18.5 Å². The van der Waals surface area contributed by atoms with Crippen molar-refractivity contribution in [3.63, 3.8) is 0 Å². The van der Waals surface area contributed by atoms with Crippen LogP contribution in [0.5, 0.6) is 0 Å². The van der Waals surface area contributed by atoms with Crippen molar-refractivity contribution in [1.29, 1.82) is 0 Å². The van der Waals surface area contributed by atoms with Gasteiger partial charge in [0.05, 0.1) is 6.10 Å². The van der Waals surface area contributed by atoms with E-state index in [1.165, 1.54) is 44.9 Å². The zero-order chi connectivity index (χ0) is 10.9. The molecule has 15 heavy (non-hydrogen) atoms. The van der Waals surface area contributed by atoms with Crippen molar-refractivity contribution in [2.75, 3.05) is 6.61 Å². The zero-order valence-corrected chi connectivity index (χ0v) is 10.3. The Balaban J connectivity index is 1.98. The van der Waals surface area contributed by atoms with Gasteiger partial charge in [0.15, 0.2) is 6.29 Å². The SMILES string of the molecule is CCCCCCC(C)OC1CCCCO1. The van der Waals surface area contributed by atoms with Crippen LogP contribution < -0.4 is 0 Å². The number of unbranched alkanes of at least 4 members (excludes halogenated alkanes) is 3. The van der Waals surface area contributed by atoms with Gasteiger partial charge in [-0.25, -0.2) is 0 Å². The summed E-state index contributed by atoms with van der Waals surface area (Å²) >= 11 is 0. The summed E-state index contributed by atoms with van der Waals surface area (Å²) < 4.78 is 11.4. The van der Waals surface area contributed by atoms with Crippen LogP contribution in [0.1, 0.15) is 65.2 Å². The summed E-state index contributed by atoms with van der Waals surface area (Å²) in [4.78, 5) is 0. The summed E-state index contributed by atoms with van der Waals surface area (Å²) in [6.07, 6.45) is 10.5. The Kier molecular flexibility index (Phi) is 7.03. The quantitative estimate of drug-likeness (QED) is 0.599. The average molecular weight is 214 g/mol. The predicted octanol–water partition coefficient (Wildman–Crippen LogP) is 3.89. The van der Waals surface area contributed by atoms with Gasteiger partial charge < -0.3 is 9.47 Å². The van der Waals surface area contributed by atoms with Gasteiger partial charge in [-0.15, -0.1) is 0 Å². The Morgan fingerprint density at radius 2 is 2.13 bits per heavy atom. The first-order valence-electron chi connectivity index (χ1n) is 6.60. The van der Waals surface area contributed by atoms with Crippen molar-refractivity contribution in [3.05, 3.63) is 0 Å². The van der Waals surface area contributed by atoms with E-state index in [1.54, 1.807) is 0 Å². The number of rotatable bonds is 7. The van der Waals surface area contributed by atoms with Gasteiger partial charge in [0, 0.05) is 6.61 Å². The molecule has 1 aliphatic rings. The van der Waals surface area contributed by atoms with E-state index in [9.17, 15) is 0 Å². The maximum atomic E-state index is 5.85. The zero-order valence-electron chi connectivity index (χ0n) is 10.3. The van der Waals surface area contributed by atoms with Gasteiger partial charge in [-0.2, -0.15) is 0 Å². The first-order chi connectivity index (χ1) is 7.33. The van der Waals surface area contributed by atoms with Crippen molar-refractivity contribution in [3.8, 4) is 0 Å². The van der Waals surface area contributed by atoms with Crippen LogP contribution in [0.25, 0.3) is 0 Å². The molecule has 0 radical (unpaired) electrons. The van der Waals surface area contributed by atoms with E-state index >= 15 is 0 Å². The molecule has 0 N–H and O–H groups in total. The highest BCUT2D eigenvalue weighted by Crippen LogP contribution is 2.17. The lowest BCUT2D eigenvalue weighted by Gasteiger charge is -2.26. The molecule has 1 heterocycles. The van der Waals surface area contributed by atoms with Gasteiger partial charge in [0.1, 0.15) is 0 Å². The first-order valence-corrected chi connectivity index (χ1v) is 6.60. The second-order valence-corrected chi connectivity index (χ2v) is 4.59. The van der Waals surface area contributed by atoms with Gasteiger partial charge in [-0.1, -0.05) is 32.6 Å². The molecular formula is C13H26O2. The highest BCUT2D eigenvalue weighted by atomic mass is 16.7. The van der Waals surface area contributed by atoms with E-state index in [0.29, 0.717) is 6.10 Å². The normalized spacial score (nSPS) is 24.0. The monoisotopic (exact) mass is 214 g/mol. The largest absolute Gasteiger partial charge is 0.353 e. The molecule has 0 amide bonds. The summed E-state index contributed by atoms with van der Waals surface area (Å²) in [6.45, 7) is 5.30. The van der Waals surface area contributed by atoms with Crippen LogP contribution in [0, 0.1) is 0 Å². The third kappa shape index (κ3) is 6.16. The van der Waals surface area contributed by atoms with Crippen LogP contribution in [0.4, 0.5) is 0 Å². The molecule has 1 fully saturated rings. The first kappa shape index (κ1) is 13.0. The van der Waals surface area contributed by atoms with Crippen LogP contribution in [0.2, 0.25) is 0 Å². The molecule has 0 bridgehead atoms.